The Morgan fingerprint density at radius 2 is 1.80 bits per heavy atom. The van der Waals surface area contributed by atoms with Crippen molar-refractivity contribution in [2.75, 3.05) is 22.4 Å². The first kappa shape index (κ1) is 23.2. The van der Waals surface area contributed by atoms with Crippen LogP contribution in [0.15, 0.2) is 55.1 Å². The van der Waals surface area contributed by atoms with Gasteiger partial charge in [-0.15, -0.1) is 6.58 Å². The fraction of sp³-hybridized carbons (Fsp3) is 0.273. The number of rotatable bonds is 8. The maximum Gasteiger partial charge on any atom is 0.253 e. The number of sulfonamides is 1. The highest BCUT2D eigenvalue weighted by atomic mass is 32.2. The van der Waals surface area contributed by atoms with Crippen LogP contribution in [0.4, 0.5) is 11.4 Å². The van der Waals surface area contributed by atoms with Gasteiger partial charge in [0, 0.05) is 6.54 Å². The molecule has 0 unspecified atom stereocenters. The van der Waals surface area contributed by atoms with Gasteiger partial charge in [0.1, 0.15) is 6.04 Å². The smallest absolute Gasteiger partial charge is 0.253 e. The number of nitrogens with one attached hydrogen (secondary N) is 2. The molecule has 0 bridgehead atoms. The van der Waals surface area contributed by atoms with Crippen LogP contribution in [0.5, 0.6) is 0 Å². The minimum atomic E-state index is -3.74. The number of para-hydroxylation sites is 1. The number of nitrogens with zero attached hydrogens (tertiary/aromatic N) is 1. The van der Waals surface area contributed by atoms with Crippen LogP contribution in [0.3, 0.4) is 0 Å². The summed E-state index contributed by atoms with van der Waals surface area (Å²) in [6.07, 6.45) is 2.61. The van der Waals surface area contributed by atoms with Gasteiger partial charge in [-0.05, 0) is 56.2 Å². The van der Waals surface area contributed by atoms with E-state index in [0.29, 0.717) is 11.4 Å². The van der Waals surface area contributed by atoms with Gasteiger partial charge >= 0.3 is 0 Å². The van der Waals surface area contributed by atoms with Gasteiger partial charge in [-0.25, -0.2) is 8.42 Å². The van der Waals surface area contributed by atoms with Crippen LogP contribution < -0.4 is 14.9 Å². The van der Waals surface area contributed by atoms with Gasteiger partial charge in [-0.3, -0.25) is 13.9 Å². The molecular formula is C22H27N3O4S. The lowest BCUT2D eigenvalue weighted by molar-refractivity contribution is -0.116. The molecule has 0 aliphatic carbocycles. The summed E-state index contributed by atoms with van der Waals surface area (Å²) in [6.45, 7) is 9.15. The van der Waals surface area contributed by atoms with E-state index in [1.165, 1.54) is 6.92 Å². The SMILES string of the molecule is C=CCNC(=O)c1ccccc1NC(=O)[C@@H](C)N(c1ccc(C)c(C)c1)S(C)(=O)=O. The summed E-state index contributed by atoms with van der Waals surface area (Å²) in [5, 5.41) is 5.35. The normalized spacial score (nSPS) is 12.0. The molecule has 0 saturated carbocycles. The Kier molecular flexibility index (Phi) is 7.39. The van der Waals surface area contributed by atoms with Gasteiger partial charge in [0.15, 0.2) is 0 Å². The van der Waals surface area contributed by atoms with E-state index in [1.807, 2.05) is 19.9 Å². The number of hydrogen-bond donors (Lipinski definition) is 2. The lowest BCUT2D eigenvalue weighted by atomic mass is 10.1. The van der Waals surface area contributed by atoms with E-state index < -0.39 is 22.0 Å². The Morgan fingerprint density at radius 1 is 1.13 bits per heavy atom. The molecule has 0 radical (unpaired) electrons. The molecule has 0 spiro atoms. The van der Waals surface area contributed by atoms with Crippen molar-refractivity contribution < 1.29 is 18.0 Å². The Bertz CT molecular complexity index is 1060. The molecule has 0 aromatic heterocycles. The van der Waals surface area contributed by atoms with Crippen molar-refractivity contribution in [1.29, 1.82) is 0 Å². The molecule has 2 aromatic rings. The molecule has 1 atom stereocenters. The van der Waals surface area contributed by atoms with Crippen LogP contribution in [-0.2, 0) is 14.8 Å². The van der Waals surface area contributed by atoms with E-state index in [0.717, 1.165) is 21.7 Å². The van der Waals surface area contributed by atoms with Crippen molar-refractivity contribution in [2.45, 2.75) is 26.8 Å². The largest absolute Gasteiger partial charge is 0.349 e. The van der Waals surface area contributed by atoms with Crippen molar-refractivity contribution >= 4 is 33.2 Å². The first-order valence-electron chi connectivity index (χ1n) is 9.42. The van der Waals surface area contributed by atoms with Crippen LogP contribution in [-0.4, -0.2) is 39.1 Å². The molecule has 0 fully saturated rings. The van der Waals surface area contributed by atoms with Gasteiger partial charge < -0.3 is 10.6 Å². The number of anilines is 2. The van der Waals surface area contributed by atoms with Crippen LogP contribution in [0.25, 0.3) is 0 Å². The molecule has 0 heterocycles. The third-order valence-electron chi connectivity index (χ3n) is 4.67. The summed E-state index contributed by atoms with van der Waals surface area (Å²) in [6, 6.07) is 10.7. The maximum absolute atomic E-state index is 12.9. The number of benzene rings is 2. The highest BCUT2D eigenvalue weighted by Gasteiger charge is 2.30. The van der Waals surface area contributed by atoms with E-state index in [1.54, 1.807) is 42.5 Å². The molecule has 0 saturated heterocycles. The Morgan fingerprint density at radius 3 is 2.40 bits per heavy atom. The lowest BCUT2D eigenvalue weighted by Crippen LogP contribution is -2.45. The minimum absolute atomic E-state index is 0.275. The first-order valence-corrected chi connectivity index (χ1v) is 11.3. The average molecular weight is 430 g/mol. The zero-order valence-corrected chi connectivity index (χ0v) is 18.4. The minimum Gasteiger partial charge on any atom is -0.349 e. The summed E-state index contributed by atoms with van der Waals surface area (Å²) in [4.78, 5) is 25.3. The average Bonchev–Trinajstić information content (AvgIpc) is 2.68. The molecule has 7 nitrogen and oxygen atoms in total. The number of aryl methyl sites for hydroxylation is 2. The Hall–Kier alpha value is -3.13. The number of carbonyl (C=O) groups excluding carboxylic acids is 2. The zero-order valence-electron chi connectivity index (χ0n) is 17.6. The predicted octanol–water partition coefficient (Wildman–Crippen LogP) is 3.01. The van der Waals surface area contributed by atoms with E-state index in [4.69, 9.17) is 0 Å². The van der Waals surface area contributed by atoms with Gasteiger partial charge in [0.05, 0.1) is 23.2 Å². The second-order valence-electron chi connectivity index (χ2n) is 7.04. The van der Waals surface area contributed by atoms with Gasteiger partial charge in [-0.2, -0.15) is 0 Å². The third kappa shape index (κ3) is 5.48. The quantitative estimate of drug-likeness (QED) is 0.631. The summed E-state index contributed by atoms with van der Waals surface area (Å²) < 4.78 is 26.1. The predicted molar refractivity (Wildman–Crippen MR) is 120 cm³/mol. The Balaban J connectivity index is 2.34. The molecule has 0 aliphatic rings. The van der Waals surface area contributed by atoms with Crippen LogP contribution in [0.2, 0.25) is 0 Å². The summed E-state index contributed by atoms with van der Waals surface area (Å²) in [5.74, 6) is -0.921. The fourth-order valence-electron chi connectivity index (χ4n) is 2.96. The van der Waals surface area contributed by atoms with Gasteiger partial charge in [0.2, 0.25) is 15.9 Å². The number of hydrogen-bond acceptors (Lipinski definition) is 4. The fourth-order valence-corrected chi connectivity index (χ4v) is 4.13. The first-order chi connectivity index (χ1) is 14.1. The van der Waals surface area contributed by atoms with Gasteiger partial charge in [0.25, 0.3) is 5.91 Å². The second-order valence-corrected chi connectivity index (χ2v) is 8.90. The van der Waals surface area contributed by atoms with Crippen LogP contribution >= 0.6 is 0 Å². The topological polar surface area (TPSA) is 95.6 Å². The number of amides is 2. The molecule has 2 amide bonds. The van der Waals surface area contributed by atoms with Gasteiger partial charge in [-0.1, -0.05) is 24.3 Å². The van der Waals surface area contributed by atoms with E-state index in [9.17, 15) is 18.0 Å². The molecule has 0 aliphatic heterocycles. The maximum atomic E-state index is 12.9. The molecule has 160 valence electrons. The Labute approximate surface area is 177 Å². The molecular weight excluding hydrogens is 402 g/mol. The molecule has 30 heavy (non-hydrogen) atoms. The molecule has 2 N–H and O–H groups in total. The van der Waals surface area contributed by atoms with Crippen molar-refractivity contribution in [1.82, 2.24) is 5.32 Å². The standard InChI is InChI=1S/C22H27N3O4S/c1-6-13-23-22(27)19-9-7-8-10-20(19)24-21(26)17(4)25(30(5,28)29)18-12-11-15(2)16(3)14-18/h6-12,14,17H,1,13H2,2-5H3,(H,23,27)(H,24,26)/t17-/m1/s1. The molecule has 2 rings (SSSR count). The zero-order chi connectivity index (χ0) is 22.5. The third-order valence-corrected chi connectivity index (χ3v) is 5.91. The molecule has 8 heteroatoms. The van der Waals surface area contributed by atoms with E-state index >= 15 is 0 Å². The van der Waals surface area contributed by atoms with E-state index in [-0.39, 0.29) is 18.0 Å². The summed E-state index contributed by atoms with van der Waals surface area (Å²) in [5.41, 5.74) is 2.91. The molecule has 2 aromatic carbocycles. The highest BCUT2D eigenvalue weighted by Crippen LogP contribution is 2.25. The monoisotopic (exact) mass is 429 g/mol. The summed E-state index contributed by atoms with van der Waals surface area (Å²) in [7, 11) is -3.74. The second kappa shape index (κ2) is 9.58. The van der Waals surface area contributed by atoms with E-state index in [2.05, 4.69) is 17.2 Å². The van der Waals surface area contributed by atoms with Crippen LogP contribution in [0, 0.1) is 13.8 Å². The van der Waals surface area contributed by atoms with Crippen molar-refractivity contribution in [2.24, 2.45) is 0 Å². The van der Waals surface area contributed by atoms with Crippen molar-refractivity contribution in [3.05, 3.63) is 71.8 Å². The number of carbonyl (C=O) groups is 2. The van der Waals surface area contributed by atoms with Crippen molar-refractivity contribution in [3.8, 4) is 0 Å². The summed E-state index contributed by atoms with van der Waals surface area (Å²) >= 11 is 0. The highest BCUT2D eigenvalue weighted by molar-refractivity contribution is 7.92. The lowest BCUT2D eigenvalue weighted by Gasteiger charge is -2.29. The van der Waals surface area contributed by atoms with Crippen molar-refractivity contribution in [3.63, 3.8) is 0 Å². The van der Waals surface area contributed by atoms with Crippen LogP contribution in [0.1, 0.15) is 28.4 Å².